The average Bonchev–Trinajstić information content (AvgIpc) is 2.12. The predicted octanol–water partition coefficient (Wildman–Crippen LogP) is 2.42. The second-order valence-electron chi connectivity index (χ2n) is 5.91. The van der Waals surface area contributed by atoms with Crippen molar-refractivity contribution in [2.45, 2.75) is 52.6 Å². The minimum Gasteiger partial charge on any atom is -0.388 e. The molecule has 0 aromatic carbocycles. The number of aliphatic hydroxyl groups is 1. The van der Waals surface area contributed by atoms with Crippen molar-refractivity contribution in [3.63, 3.8) is 0 Å². The molecule has 1 fully saturated rings. The lowest BCUT2D eigenvalue weighted by atomic mass is 9.72. The Morgan fingerprint density at radius 2 is 2.07 bits per heavy atom. The molecule has 2 N–H and O–H groups in total. The highest BCUT2D eigenvalue weighted by Crippen LogP contribution is 2.36. The summed E-state index contributed by atoms with van der Waals surface area (Å²) in [4.78, 5) is 0. The summed E-state index contributed by atoms with van der Waals surface area (Å²) in [6.45, 7) is 10.6. The maximum Gasteiger partial charge on any atom is 0.0797 e. The molecule has 1 rings (SSSR count). The van der Waals surface area contributed by atoms with Gasteiger partial charge in [0, 0.05) is 6.54 Å². The Labute approximate surface area is 94.5 Å². The van der Waals surface area contributed by atoms with Gasteiger partial charge >= 0.3 is 0 Å². The van der Waals surface area contributed by atoms with Crippen LogP contribution >= 0.6 is 0 Å². The third-order valence-electron chi connectivity index (χ3n) is 3.73. The van der Waals surface area contributed by atoms with Gasteiger partial charge in [0.2, 0.25) is 0 Å². The van der Waals surface area contributed by atoms with E-state index in [1.165, 1.54) is 12.8 Å². The number of rotatable bonds is 4. The summed E-state index contributed by atoms with van der Waals surface area (Å²) in [5.41, 5.74) is -0.457. The van der Waals surface area contributed by atoms with Crippen molar-refractivity contribution in [1.29, 1.82) is 0 Å². The van der Waals surface area contributed by atoms with Gasteiger partial charge < -0.3 is 10.4 Å². The third kappa shape index (κ3) is 3.76. The van der Waals surface area contributed by atoms with Gasteiger partial charge in [-0.2, -0.15) is 0 Å². The highest BCUT2D eigenvalue weighted by atomic mass is 16.3. The van der Waals surface area contributed by atoms with Crippen LogP contribution in [0.1, 0.15) is 47.0 Å². The molecule has 0 amide bonds. The second-order valence-corrected chi connectivity index (χ2v) is 5.91. The molecular weight excluding hydrogens is 186 g/mol. The van der Waals surface area contributed by atoms with E-state index in [1.54, 1.807) is 0 Å². The minimum absolute atomic E-state index is 0.431. The lowest BCUT2D eigenvalue weighted by molar-refractivity contribution is -0.0511. The summed E-state index contributed by atoms with van der Waals surface area (Å²) in [5, 5.41) is 13.9. The van der Waals surface area contributed by atoms with E-state index in [9.17, 15) is 5.11 Å². The number of nitrogens with one attached hydrogen (secondary N) is 1. The van der Waals surface area contributed by atoms with E-state index < -0.39 is 5.60 Å². The molecule has 1 saturated carbocycles. The molecule has 15 heavy (non-hydrogen) atoms. The first-order valence-corrected chi connectivity index (χ1v) is 6.37. The van der Waals surface area contributed by atoms with Crippen LogP contribution in [0.5, 0.6) is 0 Å². The highest BCUT2D eigenvalue weighted by molar-refractivity contribution is 4.91. The summed E-state index contributed by atoms with van der Waals surface area (Å²) in [7, 11) is 0. The van der Waals surface area contributed by atoms with E-state index >= 15 is 0 Å². The van der Waals surface area contributed by atoms with Gasteiger partial charge in [-0.3, -0.25) is 0 Å². The molecule has 0 radical (unpaired) electrons. The van der Waals surface area contributed by atoms with E-state index in [0.717, 1.165) is 25.4 Å². The SMILES string of the molecule is CC(C)CNCC1(O)CCC(C)CC1C. The van der Waals surface area contributed by atoms with Crippen molar-refractivity contribution in [2.24, 2.45) is 17.8 Å². The van der Waals surface area contributed by atoms with Gasteiger partial charge in [-0.05, 0) is 43.6 Å². The van der Waals surface area contributed by atoms with E-state index in [0.29, 0.717) is 11.8 Å². The fraction of sp³-hybridized carbons (Fsp3) is 1.00. The Kier molecular flexibility index (Phi) is 4.60. The fourth-order valence-electron chi connectivity index (χ4n) is 2.52. The topological polar surface area (TPSA) is 32.3 Å². The zero-order valence-electron chi connectivity index (χ0n) is 10.7. The molecule has 1 aliphatic rings. The quantitative estimate of drug-likeness (QED) is 0.751. The monoisotopic (exact) mass is 213 g/mol. The van der Waals surface area contributed by atoms with Crippen LogP contribution in [0.15, 0.2) is 0 Å². The van der Waals surface area contributed by atoms with Gasteiger partial charge in [0.05, 0.1) is 5.60 Å². The van der Waals surface area contributed by atoms with Crippen LogP contribution in [0.25, 0.3) is 0 Å². The minimum atomic E-state index is -0.457. The van der Waals surface area contributed by atoms with E-state index in [2.05, 4.69) is 33.0 Å². The molecular formula is C13H27NO. The summed E-state index contributed by atoms with van der Waals surface area (Å²) in [6, 6.07) is 0. The number of hydrogen-bond donors (Lipinski definition) is 2. The normalized spacial score (nSPS) is 37.2. The van der Waals surface area contributed by atoms with Crippen molar-refractivity contribution in [3.05, 3.63) is 0 Å². The van der Waals surface area contributed by atoms with Crippen LogP contribution in [0.2, 0.25) is 0 Å². The maximum absolute atomic E-state index is 10.5. The first-order valence-electron chi connectivity index (χ1n) is 6.37. The van der Waals surface area contributed by atoms with Crippen molar-refractivity contribution >= 4 is 0 Å². The third-order valence-corrected chi connectivity index (χ3v) is 3.73. The van der Waals surface area contributed by atoms with Crippen molar-refractivity contribution in [2.75, 3.05) is 13.1 Å². The van der Waals surface area contributed by atoms with Crippen molar-refractivity contribution in [3.8, 4) is 0 Å². The van der Waals surface area contributed by atoms with Gasteiger partial charge in [-0.15, -0.1) is 0 Å². The molecule has 0 heterocycles. The first-order chi connectivity index (χ1) is 6.94. The smallest absolute Gasteiger partial charge is 0.0797 e. The molecule has 0 saturated heterocycles. The molecule has 0 bridgehead atoms. The molecule has 3 unspecified atom stereocenters. The van der Waals surface area contributed by atoms with E-state index in [-0.39, 0.29) is 0 Å². The molecule has 0 aromatic rings. The fourth-order valence-corrected chi connectivity index (χ4v) is 2.52. The van der Waals surface area contributed by atoms with Gasteiger partial charge in [0.25, 0.3) is 0 Å². The van der Waals surface area contributed by atoms with Gasteiger partial charge in [-0.1, -0.05) is 27.7 Å². The van der Waals surface area contributed by atoms with Crippen LogP contribution in [-0.4, -0.2) is 23.8 Å². The molecule has 2 heteroatoms. The van der Waals surface area contributed by atoms with Crippen LogP contribution in [-0.2, 0) is 0 Å². The Morgan fingerprint density at radius 3 is 2.60 bits per heavy atom. The molecule has 2 nitrogen and oxygen atoms in total. The molecule has 0 aliphatic heterocycles. The van der Waals surface area contributed by atoms with Gasteiger partial charge in [0.15, 0.2) is 0 Å². The predicted molar refractivity (Wildman–Crippen MR) is 64.8 cm³/mol. The zero-order chi connectivity index (χ0) is 11.5. The second kappa shape index (κ2) is 5.31. The first kappa shape index (κ1) is 13.0. The van der Waals surface area contributed by atoms with E-state index in [4.69, 9.17) is 0 Å². The van der Waals surface area contributed by atoms with E-state index in [1.807, 2.05) is 0 Å². The Morgan fingerprint density at radius 1 is 1.40 bits per heavy atom. The summed E-state index contributed by atoms with van der Waals surface area (Å²) >= 11 is 0. The molecule has 90 valence electrons. The standard InChI is InChI=1S/C13H27NO/c1-10(2)8-14-9-13(15)6-5-11(3)7-12(13)4/h10-12,14-15H,5-9H2,1-4H3. The zero-order valence-corrected chi connectivity index (χ0v) is 10.7. The molecule has 1 aliphatic carbocycles. The van der Waals surface area contributed by atoms with Crippen LogP contribution in [0, 0.1) is 17.8 Å². The largest absolute Gasteiger partial charge is 0.388 e. The average molecular weight is 213 g/mol. The lowest BCUT2D eigenvalue weighted by Gasteiger charge is -2.41. The van der Waals surface area contributed by atoms with Gasteiger partial charge in [-0.25, -0.2) is 0 Å². The highest BCUT2D eigenvalue weighted by Gasteiger charge is 2.37. The Balaban J connectivity index is 2.37. The lowest BCUT2D eigenvalue weighted by Crippen LogP contribution is -2.49. The Hall–Kier alpha value is -0.0800. The maximum atomic E-state index is 10.5. The van der Waals surface area contributed by atoms with Crippen LogP contribution < -0.4 is 5.32 Å². The Bertz CT molecular complexity index is 193. The number of hydrogen-bond acceptors (Lipinski definition) is 2. The van der Waals surface area contributed by atoms with Gasteiger partial charge in [0.1, 0.15) is 0 Å². The molecule has 0 spiro atoms. The molecule has 3 atom stereocenters. The van der Waals surface area contributed by atoms with Crippen molar-refractivity contribution < 1.29 is 5.11 Å². The van der Waals surface area contributed by atoms with Crippen LogP contribution in [0.3, 0.4) is 0 Å². The molecule has 0 aromatic heterocycles. The van der Waals surface area contributed by atoms with Crippen molar-refractivity contribution in [1.82, 2.24) is 5.32 Å². The summed E-state index contributed by atoms with van der Waals surface area (Å²) in [5.74, 6) is 1.87. The summed E-state index contributed by atoms with van der Waals surface area (Å²) in [6.07, 6.45) is 3.30. The summed E-state index contributed by atoms with van der Waals surface area (Å²) < 4.78 is 0. The van der Waals surface area contributed by atoms with Crippen LogP contribution in [0.4, 0.5) is 0 Å².